The Labute approximate surface area is 130 Å². The second-order valence-corrected chi connectivity index (χ2v) is 6.87. The zero-order valence-corrected chi connectivity index (χ0v) is 13.8. The van der Waals surface area contributed by atoms with Crippen molar-refractivity contribution in [3.05, 3.63) is 35.4 Å². The smallest absolute Gasteiger partial charge is 0.111 e. The molecule has 0 atom stereocenters. The molecule has 21 heavy (non-hydrogen) atoms. The van der Waals surface area contributed by atoms with Crippen molar-refractivity contribution in [2.24, 2.45) is 0 Å². The van der Waals surface area contributed by atoms with Crippen molar-refractivity contribution in [2.45, 2.75) is 89.6 Å². The van der Waals surface area contributed by atoms with Gasteiger partial charge in [-0.05, 0) is 55.6 Å². The first-order valence-electron chi connectivity index (χ1n) is 8.94. The third-order valence-corrected chi connectivity index (χ3v) is 5.10. The van der Waals surface area contributed by atoms with Crippen LogP contribution >= 0.6 is 0 Å². The average Bonchev–Trinajstić information content (AvgIpc) is 2.50. The molecule has 1 fully saturated rings. The van der Waals surface area contributed by atoms with Crippen LogP contribution in [-0.2, 0) is 6.42 Å². The quantitative estimate of drug-likeness (QED) is 0.497. The first-order valence-corrected chi connectivity index (χ1v) is 8.94. The molecule has 1 heteroatoms. The fourth-order valence-electron chi connectivity index (χ4n) is 3.66. The normalized spacial score (nSPS) is 26.0. The SMILES string of the molecule is CCCCCC1(F)CCC(c2ccc(CCC)cc2)CC1. The maximum Gasteiger partial charge on any atom is 0.111 e. The zero-order chi connectivity index (χ0) is 15.1. The average molecular weight is 290 g/mol. The predicted molar refractivity (Wildman–Crippen MR) is 89.6 cm³/mol. The monoisotopic (exact) mass is 290 g/mol. The van der Waals surface area contributed by atoms with E-state index in [0.29, 0.717) is 5.92 Å². The van der Waals surface area contributed by atoms with Crippen LogP contribution in [0.5, 0.6) is 0 Å². The predicted octanol–water partition coefficient (Wildman–Crippen LogP) is 6.59. The fourth-order valence-corrected chi connectivity index (χ4v) is 3.66. The summed E-state index contributed by atoms with van der Waals surface area (Å²) in [5, 5.41) is 0. The first kappa shape index (κ1) is 16.5. The van der Waals surface area contributed by atoms with E-state index in [-0.39, 0.29) is 0 Å². The molecule has 2 rings (SSSR count). The molecule has 0 saturated heterocycles. The van der Waals surface area contributed by atoms with Crippen molar-refractivity contribution in [1.29, 1.82) is 0 Å². The van der Waals surface area contributed by atoms with Gasteiger partial charge in [-0.15, -0.1) is 0 Å². The molecule has 1 saturated carbocycles. The van der Waals surface area contributed by atoms with Crippen molar-refractivity contribution in [2.75, 3.05) is 0 Å². The number of rotatable bonds is 7. The van der Waals surface area contributed by atoms with E-state index in [1.165, 1.54) is 30.4 Å². The van der Waals surface area contributed by atoms with E-state index >= 15 is 0 Å². The molecular formula is C20H31F. The molecule has 1 aliphatic rings. The van der Waals surface area contributed by atoms with Crippen LogP contribution in [0.25, 0.3) is 0 Å². The lowest BCUT2D eigenvalue weighted by Crippen LogP contribution is -2.28. The molecule has 118 valence electrons. The Morgan fingerprint density at radius 1 is 1.00 bits per heavy atom. The second kappa shape index (κ2) is 7.96. The number of benzene rings is 1. The standard InChI is InChI=1S/C20H31F/c1-3-5-6-14-20(21)15-12-19(13-16-20)18-10-8-17(7-4-2)9-11-18/h8-11,19H,3-7,12-16H2,1-2H3. The summed E-state index contributed by atoms with van der Waals surface area (Å²) in [6, 6.07) is 9.07. The van der Waals surface area contributed by atoms with Crippen LogP contribution in [0.4, 0.5) is 4.39 Å². The number of hydrogen-bond acceptors (Lipinski definition) is 0. The molecule has 0 amide bonds. The summed E-state index contributed by atoms with van der Waals surface area (Å²) in [5.74, 6) is 0.579. The van der Waals surface area contributed by atoms with Gasteiger partial charge in [0.25, 0.3) is 0 Å². The van der Waals surface area contributed by atoms with Gasteiger partial charge in [-0.3, -0.25) is 0 Å². The third kappa shape index (κ3) is 4.83. The number of unbranched alkanes of at least 4 members (excludes halogenated alkanes) is 2. The minimum Gasteiger partial charge on any atom is -0.244 e. The summed E-state index contributed by atoms with van der Waals surface area (Å²) < 4.78 is 14.7. The van der Waals surface area contributed by atoms with Gasteiger partial charge in [0.2, 0.25) is 0 Å². The Morgan fingerprint density at radius 2 is 1.67 bits per heavy atom. The second-order valence-electron chi connectivity index (χ2n) is 6.87. The summed E-state index contributed by atoms with van der Waals surface area (Å²) in [7, 11) is 0. The van der Waals surface area contributed by atoms with E-state index in [1.807, 2.05) is 0 Å². The topological polar surface area (TPSA) is 0 Å². The van der Waals surface area contributed by atoms with Gasteiger partial charge in [0, 0.05) is 0 Å². The van der Waals surface area contributed by atoms with E-state index in [2.05, 4.69) is 38.1 Å². The van der Waals surface area contributed by atoms with Crippen LogP contribution < -0.4 is 0 Å². The highest BCUT2D eigenvalue weighted by Crippen LogP contribution is 2.42. The molecule has 0 spiro atoms. The lowest BCUT2D eigenvalue weighted by Gasteiger charge is -2.34. The van der Waals surface area contributed by atoms with E-state index in [9.17, 15) is 4.39 Å². The van der Waals surface area contributed by atoms with Gasteiger partial charge in [0.1, 0.15) is 5.67 Å². The summed E-state index contributed by atoms with van der Waals surface area (Å²) in [5.41, 5.74) is 1.98. The van der Waals surface area contributed by atoms with Crippen LogP contribution in [0.3, 0.4) is 0 Å². The molecule has 0 nitrogen and oxygen atoms in total. The molecular weight excluding hydrogens is 259 g/mol. The van der Waals surface area contributed by atoms with Crippen molar-refractivity contribution in [3.63, 3.8) is 0 Å². The van der Waals surface area contributed by atoms with E-state index < -0.39 is 5.67 Å². The highest BCUT2D eigenvalue weighted by Gasteiger charge is 2.34. The largest absolute Gasteiger partial charge is 0.244 e. The first-order chi connectivity index (χ1) is 10.2. The van der Waals surface area contributed by atoms with Gasteiger partial charge >= 0.3 is 0 Å². The number of halogens is 1. The Bertz CT molecular complexity index is 398. The highest BCUT2D eigenvalue weighted by molar-refractivity contribution is 5.26. The fraction of sp³-hybridized carbons (Fsp3) is 0.700. The lowest BCUT2D eigenvalue weighted by molar-refractivity contribution is 0.0851. The maximum absolute atomic E-state index is 14.7. The third-order valence-electron chi connectivity index (χ3n) is 5.10. The van der Waals surface area contributed by atoms with Crippen LogP contribution in [0, 0.1) is 0 Å². The Hall–Kier alpha value is -0.850. The number of hydrogen-bond donors (Lipinski definition) is 0. The lowest BCUT2D eigenvalue weighted by atomic mass is 9.75. The van der Waals surface area contributed by atoms with Gasteiger partial charge < -0.3 is 0 Å². The van der Waals surface area contributed by atoms with Crippen molar-refractivity contribution >= 4 is 0 Å². The molecule has 0 radical (unpaired) electrons. The Balaban J connectivity index is 1.85. The van der Waals surface area contributed by atoms with Crippen molar-refractivity contribution in [1.82, 2.24) is 0 Å². The molecule has 1 aromatic rings. The molecule has 0 N–H and O–H groups in total. The summed E-state index contributed by atoms with van der Waals surface area (Å²) in [6.07, 6.45) is 10.1. The van der Waals surface area contributed by atoms with E-state index in [1.54, 1.807) is 0 Å². The molecule has 1 aliphatic carbocycles. The van der Waals surface area contributed by atoms with Gasteiger partial charge in [-0.2, -0.15) is 0 Å². The van der Waals surface area contributed by atoms with Gasteiger partial charge in [-0.25, -0.2) is 4.39 Å². The molecule has 1 aromatic carbocycles. The van der Waals surface area contributed by atoms with Crippen LogP contribution in [-0.4, -0.2) is 5.67 Å². The maximum atomic E-state index is 14.7. The summed E-state index contributed by atoms with van der Waals surface area (Å²) in [4.78, 5) is 0. The summed E-state index contributed by atoms with van der Waals surface area (Å²) >= 11 is 0. The Kier molecular flexibility index (Phi) is 6.26. The van der Waals surface area contributed by atoms with Crippen LogP contribution in [0.2, 0.25) is 0 Å². The summed E-state index contributed by atoms with van der Waals surface area (Å²) in [6.45, 7) is 4.40. The molecule has 0 bridgehead atoms. The van der Waals surface area contributed by atoms with Gasteiger partial charge in [0.05, 0.1) is 0 Å². The Morgan fingerprint density at radius 3 is 2.24 bits per heavy atom. The molecule has 0 aromatic heterocycles. The molecule has 0 aliphatic heterocycles. The zero-order valence-electron chi connectivity index (χ0n) is 13.8. The van der Waals surface area contributed by atoms with E-state index in [0.717, 1.165) is 44.9 Å². The number of alkyl halides is 1. The van der Waals surface area contributed by atoms with Crippen molar-refractivity contribution < 1.29 is 4.39 Å². The van der Waals surface area contributed by atoms with Crippen LogP contribution in [0.15, 0.2) is 24.3 Å². The van der Waals surface area contributed by atoms with Gasteiger partial charge in [0.15, 0.2) is 0 Å². The minimum atomic E-state index is -0.867. The van der Waals surface area contributed by atoms with E-state index in [4.69, 9.17) is 0 Å². The molecule has 0 heterocycles. The van der Waals surface area contributed by atoms with Gasteiger partial charge in [-0.1, -0.05) is 63.8 Å². The van der Waals surface area contributed by atoms with Crippen molar-refractivity contribution in [3.8, 4) is 0 Å². The highest BCUT2D eigenvalue weighted by atomic mass is 19.1. The number of aryl methyl sites for hydroxylation is 1. The van der Waals surface area contributed by atoms with Crippen LogP contribution in [0.1, 0.15) is 88.7 Å². The molecule has 0 unspecified atom stereocenters. The minimum absolute atomic E-state index is 0.579.